The zero-order valence-electron chi connectivity index (χ0n) is 53.9. The summed E-state index contributed by atoms with van der Waals surface area (Å²) in [5, 5.41) is 93.5. The molecule has 2 amide bonds. The van der Waals surface area contributed by atoms with Crippen molar-refractivity contribution in [3.8, 4) is 33.8 Å². The van der Waals surface area contributed by atoms with Crippen molar-refractivity contribution in [2.45, 2.75) is 200 Å². The molecule has 11 atom stereocenters. The summed E-state index contributed by atoms with van der Waals surface area (Å²) in [7, 11) is 3.09. The molecule has 0 radical (unpaired) electrons. The van der Waals surface area contributed by atoms with Gasteiger partial charge in [-0.1, -0.05) is 97.7 Å². The fraction of sp³-hybridized carbons (Fsp3) is 0.507. The predicted octanol–water partition coefficient (Wildman–Crippen LogP) is 8.25. The molecule has 21 heteroatoms. The van der Waals surface area contributed by atoms with Crippen LogP contribution in [0.1, 0.15) is 143 Å². The Hall–Kier alpha value is -6.14. The van der Waals surface area contributed by atoms with Gasteiger partial charge in [-0.2, -0.15) is 0 Å². The van der Waals surface area contributed by atoms with Gasteiger partial charge in [0.05, 0.1) is 18.8 Å². The average molecular weight is 1330 g/mol. The number of para-hydroxylation sites is 2. The first kappa shape index (κ1) is 70.7. The fourth-order valence-corrected chi connectivity index (χ4v) is 13.0. The molecule has 3 unspecified atom stereocenters. The maximum absolute atomic E-state index is 12.9. The molecule has 5 aliphatic rings. The molecule has 2 aromatic heterocycles. The number of ether oxygens (including phenoxy) is 3. The van der Waals surface area contributed by atoms with Gasteiger partial charge in [-0.05, 0) is 188 Å². The Morgan fingerprint density at radius 2 is 1.17 bits per heavy atom. The summed E-state index contributed by atoms with van der Waals surface area (Å²) in [5.41, 5.74) is 11.2. The van der Waals surface area contributed by atoms with Gasteiger partial charge in [0, 0.05) is 85.2 Å². The van der Waals surface area contributed by atoms with Crippen LogP contribution in [0.2, 0.25) is 10.0 Å². The van der Waals surface area contributed by atoms with E-state index >= 15 is 0 Å². The van der Waals surface area contributed by atoms with Crippen LogP contribution in [0, 0.1) is 0 Å². The van der Waals surface area contributed by atoms with Gasteiger partial charge in [0.1, 0.15) is 48.1 Å². The summed E-state index contributed by atoms with van der Waals surface area (Å²) in [6.45, 7) is 4.77. The van der Waals surface area contributed by atoms with Crippen LogP contribution < -0.4 is 14.8 Å². The summed E-state index contributed by atoms with van der Waals surface area (Å²) >= 11 is 13.4. The monoisotopic (exact) mass is 1330 g/mol. The number of rotatable bonds is 30. The molecule has 1 aliphatic heterocycles. The number of carbonyl (C=O) groups is 2. The molecule has 4 aromatic carbocycles. The van der Waals surface area contributed by atoms with Gasteiger partial charge in [-0.15, -0.1) is 0 Å². The predicted molar refractivity (Wildman–Crippen MR) is 357 cm³/mol. The molecule has 6 aromatic rings. The molecule has 10 N–H and O–H groups in total. The SMILES string of the molecule is CC(CCCN(C)C(=O)[C@@H](O)[C@@H](O)[C@H](O)[C@@H](O)CO)c1ccc(Cl)c(CCC2(c3cnccc3-c3ccccc3OC3CC3)CC2)c1.CC(CCCN(C)C(=O)[C@H]1OC(O)[C@H](O)[C@@H](O)[C@@H]1O)c1ccc(Cl)c(CNC2(c3cnccc3-c3ccccc3OC3CC3)CC2)c1. The summed E-state index contributed by atoms with van der Waals surface area (Å²) < 4.78 is 17.6. The number of aryl methyl sites for hydroxylation is 1. The van der Waals surface area contributed by atoms with E-state index in [9.17, 15) is 50.4 Å². The van der Waals surface area contributed by atoms with Crippen molar-refractivity contribution in [3.63, 3.8) is 0 Å². The number of nitrogens with zero attached hydrogens (tertiary/aromatic N) is 4. The number of aromatic nitrogens is 2. The highest BCUT2D eigenvalue weighted by Gasteiger charge is 2.49. The molecule has 5 fully saturated rings. The first-order valence-electron chi connectivity index (χ1n) is 33.1. The number of hydrogen-bond donors (Lipinski definition) is 10. The summed E-state index contributed by atoms with van der Waals surface area (Å²) in [4.78, 5) is 37.2. The number of amides is 2. The highest BCUT2D eigenvalue weighted by atomic mass is 35.5. The molecule has 0 bridgehead atoms. The van der Waals surface area contributed by atoms with Crippen LogP contribution in [0.3, 0.4) is 0 Å². The Balaban J connectivity index is 0.000000205. The van der Waals surface area contributed by atoms with E-state index in [-0.39, 0.29) is 22.8 Å². The molecule has 94 heavy (non-hydrogen) atoms. The van der Waals surface area contributed by atoms with Crippen LogP contribution in [-0.4, -0.2) is 179 Å². The number of nitrogens with one attached hydrogen (secondary N) is 1. The van der Waals surface area contributed by atoms with Crippen molar-refractivity contribution >= 4 is 35.0 Å². The Bertz CT molecular complexity index is 3530. The van der Waals surface area contributed by atoms with Crippen molar-refractivity contribution in [3.05, 3.63) is 165 Å². The van der Waals surface area contributed by atoms with Crippen molar-refractivity contribution in [2.75, 3.05) is 33.8 Å². The quantitative estimate of drug-likeness (QED) is 0.0203. The van der Waals surface area contributed by atoms with Gasteiger partial charge in [0.15, 0.2) is 18.5 Å². The van der Waals surface area contributed by atoms with Crippen LogP contribution in [0.15, 0.2) is 122 Å². The summed E-state index contributed by atoms with van der Waals surface area (Å²) in [6.07, 6.45) is 6.03. The highest BCUT2D eigenvalue weighted by Crippen LogP contribution is 2.55. The number of likely N-dealkylation sites (N-methyl/N-ethyl adjacent to an activating group) is 2. The Labute approximate surface area is 560 Å². The second-order valence-corrected chi connectivity index (χ2v) is 27.4. The lowest BCUT2D eigenvalue weighted by molar-refractivity contribution is -0.277. The van der Waals surface area contributed by atoms with E-state index in [2.05, 4.69) is 77.7 Å². The van der Waals surface area contributed by atoms with E-state index in [1.807, 2.05) is 73.3 Å². The smallest absolute Gasteiger partial charge is 0.254 e. The van der Waals surface area contributed by atoms with E-state index in [4.69, 9.17) is 42.5 Å². The first-order valence-corrected chi connectivity index (χ1v) is 33.8. The normalized spacial score (nSPS) is 22.1. The van der Waals surface area contributed by atoms with Crippen LogP contribution in [0.4, 0.5) is 0 Å². The maximum atomic E-state index is 12.9. The molecule has 1 saturated heterocycles. The summed E-state index contributed by atoms with van der Waals surface area (Å²) in [6, 6.07) is 33.0. The molecule has 3 heterocycles. The second kappa shape index (κ2) is 31.4. The van der Waals surface area contributed by atoms with Crippen molar-refractivity contribution in [1.29, 1.82) is 0 Å². The molecule has 506 valence electrons. The van der Waals surface area contributed by atoms with Gasteiger partial charge in [-0.3, -0.25) is 19.6 Å². The number of benzene rings is 4. The number of pyridine rings is 2. The number of carbonyl (C=O) groups excluding carboxylic acids is 2. The Morgan fingerprint density at radius 1 is 0.649 bits per heavy atom. The molecule has 19 nitrogen and oxygen atoms in total. The van der Waals surface area contributed by atoms with E-state index in [0.717, 1.165) is 138 Å². The van der Waals surface area contributed by atoms with E-state index in [1.165, 1.54) is 28.0 Å². The lowest BCUT2D eigenvalue weighted by Crippen LogP contribution is -2.61. The summed E-state index contributed by atoms with van der Waals surface area (Å²) in [5.74, 6) is 0.884. The number of aliphatic hydroxyl groups is 9. The van der Waals surface area contributed by atoms with Gasteiger partial charge >= 0.3 is 0 Å². The maximum Gasteiger partial charge on any atom is 0.254 e. The second-order valence-electron chi connectivity index (χ2n) is 26.6. The van der Waals surface area contributed by atoms with Gasteiger partial charge in [-0.25, -0.2) is 0 Å². The van der Waals surface area contributed by atoms with E-state index in [1.54, 1.807) is 7.05 Å². The van der Waals surface area contributed by atoms with Crippen LogP contribution in [0.5, 0.6) is 11.5 Å². The number of aliphatic hydroxyl groups excluding tert-OH is 9. The van der Waals surface area contributed by atoms with E-state index < -0.39 is 73.5 Å². The minimum Gasteiger partial charge on any atom is -0.490 e. The van der Waals surface area contributed by atoms with Crippen LogP contribution >= 0.6 is 23.2 Å². The minimum absolute atomic E-state index is 0.0444. The van der Waals surface area contributed by atoms with Gasteiger partial charge in [0.25, 0.3) is 11.8 Å². The minimum atomic E-state index is -1.92. The van der Waals surface area contributed by atoms with Crippen molar-refractivity contribution in [1.82, 2.24) is 25.1 Å². The molecule has 4 aliphatic carbocycles. The lowest BCUT2D eigenvalue weighted by atomic mass is 9.84. The van der Waals surface area contributed by atoms with E-state index in [0.29, 0.717) is 49.7 Å². The molecule has 0 spiro atoms. The average Bonchev–Trinajstić information content (AvgIpc) is 1.58. The number of hydrogen-bond acceptors (Lipinski definition) is 17. The lowest BCUT2D eigenvalue weighted by Gasteiger charge is -2.38. The molecular weight excluding hydrogens is 1240 g/mol. The third kappa shape index (κ3) is 17.2. The topological polar surface area (TPSA) is 288 Å². The van der Waals surface area contributed by atoms with Crippen molar-refractivity contribution < 1.29 is 69.8 Å². The molecular formula is C73H91Cl2N5O14. The highest BCUT2D eigenvalue weighted by molar-refractivity contribution is 6.31. The zero-order chi connectivity index (χ0) is 67.0. The Kier molecular flexibility index (Phi) is 23.6. The van der Waals surface area contributed by atoms with Crippen LogP contribution in [-0.2, 0) is 38.2 Å². The first-order chi connectivity index (χ1) is 45.1. The van der Waals surface area contributed by atoms with Crippen LogP contribution in [0.25, 0.3) is 22.3 Å². The zero-order valence-corrected chi connectivity index (χ0v) is 55.4. The molecule has 4 saturated carbocycles. The third-order valence-electron chi connectivity index (χ3n) is 19.4. The van der Waals surface area contributed by atoms with Gasteiger partial charge < -0.3 is 75.3 Å². The third-order valence-corrected chi connectivity index (χ3v) is 20.2. The Morgan fingerprint density at radius 3 is 1.71 bits per heavy atom. The largest absolute Gasteiger partial charge is 0.490 e. The standard InChI is InChI=1S/C37H47ClN2O7.C36H44ClN3O7/c1-23(6-5-19-40(2)36(46)35(45)34(44)33(43)31(42)22-41)24-9-12-30(38)25(20-24)13-15-37(16-17-37)29-21-39-18-14-27(29)28-7-3-4-8-32(28)47-26-10-11-26;1-21(6-5-17-40(2)34(44)33-31(42)30(41)32(43)35(45)47-33)22-9-12-28(37)23(18-22)19-39-36(14-15-36)27-20-38-16-13-25(27)26-7-3-4-8-29(26)46-24-10-11-24/h3-4,7-9,12,14,18,20-21,23,26,31,33-35,41-45H,5-6,10-11,13,15-17,19,22H2,1-2H3;3-4,7-9,12-13,16,18,20-21,24,30-33,35,39,41-43,45H,5-6,10-11,14-15,17,19H2,1-2H3/t23?,31-,33+,34-,35-;21?,30-,31-,32+,33-,35?/m00/s1. The fourth-order valence-electron chi connectivity index (χ4n) is 12.6. The van der Waals surface area contributed by atoms with Crippen molar-refractivity contribution in [2.24, 2.45) is 0 Å². The van der Waals surface area contributed by atoms with Gasteiger partial charge in [0.2, 0.25) is 0 Å². The molecule has 11 rings (SSSR count). The number of halogens is 2.